The first-order valence-electron chi connectivity index (χ1n) is 11.3. The Balaban J connectivity index is 1.30. The van der Waals surface area contributed by atoms with Crippen LogP contribution in [0.2, 0.25) is 0 Å². The van der Waals surface area contributed by atoms with Gasteiger partial charge in [-0.2, -0.15) is 0 Å². The van der Waals surface area contributed by atoms with E-state index in [9.17, 15) is 9.59 Å². The molecule has 184 valence electrons. The highest BCUT2D eigenvalue weighted by atomic mass is 32.2. The number of nitrogens with one attached hydrogen (secondary N) is 2. The lowest BCUT2D eigenvalue weighted by Gasteiger charge is -2.09. The number of thiazole rings is 1. The van der Waals surface area contributed by atoms with Gasteiger partial charge in [0.1, 0.15) is 5.82 Å². The van der Waals surface area contributed by atoms with Gasteiger partial charge in [0.05, 0.1) is 11.4 Å². The molecule has 0 saturated carbocycles. The van der Waals surface area contributed by atoms with Crippen molar-refractivity contribution in [3.8, 4) is 11.3 Å². The maximum Gasteiger partial charge on any atom is 0.251 e. The molecule has 0 radical (unpaired) electrons. The molecular weight excluding hydrogens is 492 g/mol. The first-order valence-corrected chi connectivity index (χ1v) is 13.2. The maximum absolute atomic E-state index is 12.5. The van der Waals surface area contributed by atoms with Gasteiger partial charge < -0.3 is 15.2 Å². The Morgan fingerprint density at radius 3 is 2.64 bits per heavy atom. The van der Waals surface area contributed by atoms with Crippen molar-refractivity contribution in [3.63, 3.8) is 0 Å². The lowest BCUT2D eigenvalue weighted by molar-refractivity contribution is -0.113. The number of anilines is 1. The third-order valence-corrected chi connectivity index (χ3v) is 6.93. The second kappa shape index (κ2) is 12.3. The van der Waals surface area contributed by atoms with E-state index in [4.69, 9.17) is 0 Å². The van der Waals surface area contributed by atoms with Crippen LogP contribution in [0.4, 0.5) is 5.13 Å². The summed E-state index contributed by atoms with van der Waals surface area (Å²) in [5.41, 5.74) is 3.55. The molecule has 36 heavy (non-hydrogen) atoms. The van der Waals surface area contributed by atoms with Crippen molar-refractivity contribution in [3.05, 3.63) is 89.6 Å². The van der Waals surface area contributed by atoms with Gasteiger partial charge in [0, 0.05) is 36.0 Å². The van der Waals surface area contributed by atoms with Gasteiger partial charge >= 0.3 is 0 Å². The van der Waals surface area contributed by atoms with Gasteiger partial charge in [-0.3, -0.25) is 9.59 Å². The summed E-state index contributed by atoms with van der Waals surface area (Å²) in [4.78, 5) is 29.4. The quantitative estimate of drug-likeness (QED) is 0.222. The molecule has 2 heterocycles. The zero-order valence-electron chi connectivity index (χ0n) is 19.8. The maximum atomic E-state index is 12.5. The molecular formula is C26H26N6O2S2. The molecule has 0 aliphatic heterocycles. The van der Waals surface area contributed by atoms with Crippen molar-refractivity contribution in [2.24, 2.45) is 0 Å². The Morgan fingerprint density at radius 2 is 1.89 bits per heavy atom. The van der Waals surface area contributed by atoms with E-state index in [-0.39, 0.29) is 17.6 Å². The van der Waals surface area contributed by atoms with E-state index >= 15 is 0 Å². The van der Waals surface area contributed by atoms with E-state index in [1.54, 1.807) is 18.2 Å². The number of aryl methyl sites for hydroxylation is 1. The van der Waals surface area contributed by atoms with Crippen molar-refractivity contribution in [1.29, 1.82) is 0 Å². The van der Waals surface area contributed by atoms with Crippen LogP contribution in [0.1, 0.15) is 21.7 Å². The van der Waals surface area contributed by atoms with Crippen LogP contribution in [0.15, 0.2) is 77.8 Å². The van der Waals surface area contributed by atoms with Crippen molar-refractivity contribution in [2.45, 2.75) is 25.0 Å². The fourth-order valence-electron chi connectivity index (χ4n) is 3.38. The normalized spacial score (nSPS) is 10.7. The summed E-state index contributed by atoms with van der Waals surface area (Å²) in [7, 11) is 0. The van der Waals surface area contributed by atoms with Crippen LogP contribution in [-0.4, -0.2) is 43.9 Å². The van der Waals surface area contributed by atoms with Gasteiger partial charge in [-0.05, 0) is 19.1 Å². The van der Waals surface area contributed by atoms with Crippen LogP contribution in [0.25, 0.3) is 11.3 Å². The Labute approximate surface area is 217 Å². The SMILES string of the molecule is C=CCn1c(CCNC(=O)c2ccc(C)cc2)nnc1SCC(=O)Nc1nc(-c2ccccc2)cs1. The fourth-order valence-corrected chi connectivity index (χ4v) is 4.88. The number of hydrogen-bond acceptors (Lipinski definition) is 7. The van der Waals surface area contributed by atoms with Crippen LogP contribution in [-0.2, 0) is 17.8 Å². The average molecular weight is 519 g/mol. The van der Waals surface area contributed by atoms with E-state index in [0.29, 0.717) is 35.4 Å². The van der Waals surface area contributed by atoms with Crippen LogP contribution >= 0.6 is 23.1 Å². The smallest absolute Gasteiger partial charge is 0.251 e. The summed E-state index contributed by atoms with van der Waals surface area (Å²) < 4.78 is 1.90. The van der Waals surface area contributed by atoms with Crippen LogP contribution in [0.5, 0.6) is 0 Å². The largest absolute Gasteiger partial charge is 0.352 e. The number of benzene rings is 2. The second-order valence-corrected chi connectivity index (χ2v) is 9.71. The number of carbonyl (C=O) groups excluding carboxylic acids is 2. The monoisotopic (exact) mass is 518 g/mol. The standard InChI is InChI=1S/C26H26N6O2S2/c1-3-15-32-22(13-14-27-24(34)20-11-9-18(2)10-12-20)30-31-26(32)36-17-23(33)29-25-28-21(16-35-25)19-7-5-4-6-8-19/h3-12,16H,1,13-15,17H2,2H3,(H,27,34)(H,28,29,33). The third kappa shape index (κ3) is 6.67. The molecule has 2 amide bonds. The number of carbonyl (C=O) groups is 2. The van der Waals surface area contributed by atoms with Gasteiger partial charge in [0.15, 0.2) is 10.3 Å². The average Bonchev–Trinajstić information content (AvgIpc) is 3.51. The number of aromatic nitrogens is 4. The molecule has 2 N–H and O–H groups in total. The van der Waals surface area contributed by atoms with Gasteiger partial charge in [0.2, 0.25) is 5.91 Å². The number of rotatable bonds is 11. The summed E-state index contributed by atoms with van der Waals surface area (Å²) in [6.45, 7) is 6.71. The number of hydrogen-bond donors (Lipinski definition) is 2. The van der Waals surface area contributed by atoms with Crippen LogP contribution in [0.3, 0.4) is 0 Å². The van der Waals surface area contributed by atoms with Crippen molar-refractivity contribution in [1.82, 2.24) is 25.1 Å². The Kier molecular flexibility index (Phi) is 8.64. The number of allylic oxidation sites excluding steroid dienone is 1. The molecule has 0 unspecified atom stereocenters. The lowest BCUT2D eigenvalue weighted by atomic mass is 10.1. The first kappa shape index (κ1) is 25.3. The topological polar surface area (TPSA) is 102 Å². The number of amides is 2. The molecule has 0 saturated heterocycles. The fraction of sp³-hybridized carbons (Fsp3) is 0.192. The second-order valence-electron chi connectivity index (χ2n) is 7.91. The van der Waals surface area contributed by atoms with Crippen molar-refractivity contribution < 1.29 is 9.59 Å². The van der Waals surface area contributed by atoms with E-state index in [1.807, 2.05) is 59.3 Å². The summed E-state index contributed by atoms with van der Waals surface area (Å²) in [5, 5.41) is 17.4. The Bertz CT molecular complexity index is 1330. The highest BCUT2D eigenvalue weighted by Crippen LogP contribution is 2.25. The van der Waals surface area contributed by atoms with Crippen molar-refractivity contribution in [2.75, 3.05) is 17.6 Å². The lowest BCUT2D eigenvalue weighted by Crippen LogP contribution is -2.26. The summed E-state index contributed by atoms with van der Waals surface area (Å²) >= 11 is 2.68. The summed E-state index contributed by atoms with van der Waals surface area (Å²) in [6.07, 6.45) is 2.26. The molecule has 8 nitrogen and oxygen atoms in total. The zero-order valence-corrected chi connectivity index (χ0v) is 21.4. The first-order chi connectivity index (χ1) is 17.5. The highest BCUT2D eigenvalue weighted by Gasteiger charge is 2.15. The predicted molar refractivity (Wildman–Crippen MR) is 144 cm³/mol. The van der Waals surface area contributed by atoms with E-state index in [1.165, 1.54) is 23.1 Å². The third-order valence-electron chi connectivity index (χ3n) is 5.21. The van der Waals surface area contributed by atoms with Crippen LogP contribution < -0.4 is 10.6 Å². The summed E-state index contributed by atoms with van der Waals surface area (Å²) in [5.74, 6) is 0.580. The Hall–Kier alpha value is -3.76. The minimum absolute atomic E-state index is 0.131. The molecule has 2 aromatic carbocycles. The van der Waals surface area contributed by atoms with Gasteiger partial charge in [-0.15, -0.1) is 28.1 Å². The molecule has 4 aromatic rings. The zero-order chi connectivity index (χ0) is 25.3. The van der Waals surface area contributed by atoms with Gasteiger partial charge in [-0.1, -0.05) is 65.9 Å². The molecule has 0 fully saturated rings. The van der Waals surface area contributed by atoms with Crippen LogP contribution in [0, 0.1) is 6.92 Å². The molecule has 0 aliphatic rings. The molecule has 0 spiro atoms. The Morgan fingerprint density at radius 1 is 1.11 bits per heavy atom. The van der Waals surface area contributed by atoms with Crippen molar-refractivity contribution >= 4 is 40.0 Å². The predicted octanol–water partition coefficient (Wildman–Crippen LogP) is 4.60. The molecule has 2 aromatic heterocycles. The van der Waals surface area contributed by atoms with E-state index in [2.05, 4.69) is 32.4 Å². The molecule has 0 bridgehead atoms. The minimum Gasteiger partial charge on any atom is -0.352 e. The molecule has 10 heteroatoms. The number of nitrogens with zero attached hydrogens (tertiary/aromatic N) is 4. The highest BCUT2D eigenvalue weighted by molar-refractivity contribution is 7.99. The number of thioether (sulfide) groups is 1. The summed E-state index contributed by atoms with van der Waals surface area (Å²) in [6, 6.07) is 17.2. The van der Waals surface area contributed by atoms with E-state index < -0.39 is 0 Å². The minimum atomic E-state index is -0.172. The van der Waals surface area contributed by atoms with Gasteiger partial charge in [0.25, 0.3) is 5.91 Å². The van der Waals surface area contributed by atoms with Gasteiger partial charge in [-0.25, -0.2) is 4.98 Å². The van der Waals surface area contributed by atoms with E-state index in [0.717, 1.165) is 22.6 Å². The molecule has 0 atom stereocenters. The molecule has 0 aliphatic carbocycles. The molecule has 4 rings (SSSR count).